The summed E-state index contributed by atoms with van der Waals surface area (Å²) in [5.74, 6) is 0.201. The van der Waals surface area contributed by atoms with Crippen LogP contribution in [0, 0.1) is 5.41 Å². The highest BCUT2D eigenvalue weighted by Gasteiger charge is 2.46. The largest absolute Gasteiger partial charge is 0.493 e. The Balaban J connectivity index is 1.99. The molecule has 2 N–H and O–H groups in total. The third-order valence-corrected chi connectivity index (χ3v) is 5.08. The van der Waals surface area contributed by atoms with Gasteiger partial charge in [-0.1, -0.05) is 25.8 Å². The van der Waals surface area contributed by atoms with Crippen LogP contribution in [0.1, 0.15) is 64.0 Å². The average molecular weight is 363 g/mol. The minimum atomic E-state index is -0.877. The van der Waals surface area contributed by atoms with Gasteiger partial charge >= 0.3 is 5.97 Å². The molecule has 1 aliphatic rings. The van der Waals surface area contributed by atoms with E-state index >= 15 is 0 Å². The smallest absolute Gasteiger partial charge is 0.310 e. The Morgan fingerprint density at radius 2 is 2.04 bits per heavy atom. The Hall–Kier alpha value is -2.24. The number of benzene rings is 1. The zero-order chi connectivity index (χ0) is 19.2. The summed E-state index contributed by atoms with van der Waals surface area (Å²) < 4.78 is 11.1. The second-order valence-electron chi connectivity index (χ2n) is 7.02. The molecule has 1 aromatic carbocycles. The number of nitrogens with one attached hydrogen (secondary N) is 1. The minimum absolute atomic E-state index is 0.0298. The molecule has 1 unspecified atom stereocenters. The topological polar surface area (TPSA) is 84.9 Å². The van der Waals surface area contributed by atoms with Crippen LogP contribution in [0.5, 0.6) is 11.5 Å². The third kappa shape index (κ3) is 4.68. The number of hydrogen-bond acceptors (Lipinski definition) is 4. The van der Waals surface area contributed by atoms with Crippen molar-refractivity contribution in [3.63, 3.8) is 0 Å². The van der Waals surface area contributed by atoms with Crippen molar-refractivity contribution >= 4 is 11.9 Å². The first-order chi connectivity index (χ1) is 12.4. The van der Waals surface area contributed by atoms with E-state index in [1.165, 1.54) is 0 Å². The number of carboxylic acid groups (broad SMARTS) is 1. The molecule has 2 rings (SSSR count). The number of unbranched alkanes of at least 4 members (excludes halogenated alkanes) is 1. The van der Waals surface area contributed by atoms with Crippen LogP contribution < -0.4 is 14.8 Å². The van der Waals surface area contributed by atoms with Gasteiger partial charge in [0.25, 0.3) is 0 Å². The summed E-state index contributed by atoms with van der Waals surface area (Å²) >= 11 is 0. The van der Waals surface area contributed by atoms with Gasteiger partial charge in [0.1, 0.15) is 0 Å². The van der Waals surface area contributed by atoms with Crippen LogP contribution in [0.15, 0.2) is 18.2 Å². The maximum Gasteiger partial charge on any atom is 0.310 e. The summed E-state index contributed by atoms with van der Waals surface area (Å²) in [6.45, 7) is 4.61. The van der Waals surface area contributed by atoms with Crippen LogP contribution >= 0.6 is 0 Å². The van der Waals surface area contributed by atoms with E-state index < -0.39 is 11.4 Å². The van der Waals surface area contributed by atoms with E-state index in [9.17, 15) is 14.7 Å². The molecule has 0 saturated heterocycles. The van der Waals surface area contributed by atoms with Gasteiger partial charge in [0.15, 0.2) is 11.5 Å². The van der Waals surface area contributed by atoms with Gasteiger partial charge in [-0.3, -0.25) is 9.59 Å². The molecule has 144 valence electrons. The molecule has 1 saturated carbocycles. The standard InChI is InChI=1S/C20H29NO5/c1-4-5-11-26-16-8-7-15(12-17(16)25-3)14(2)21-18(22)13-20(19(23)24)9-6-10-20/h7-8,12,14H,4-6,9-11,13H2,1-3H3,(H,21,22)(H,23,24). The number of carbonyl (C=O) groups is 2. The van der Waals surface area contributed by atoms with E-state index in [0.29, 0.717) is 30.9 Å². The lowest BCUT2D eigenvalue weighted by Crippen LogP contribution is -2.43. The first-order valence-corrected chi connectivity index (χ1v) is 9.25. The van der Waals surface area contributed by atoms with Crippen LogP contribution in [0.3, 0.4) is 0 Å². The molecule has 1 fully saturated rings. The van der Waals surface area contributed by atoms with Crippen molar-refractivity contribution in [3.8, 4) is 11.5 Å². The van der Waals surface area contributed by atoms with Gasteiger partial charge in [-0.05, 0) is 43.9 Å². The van der Waals surface area contributed by atoms with Crippen molar-refractivity contribution in [2.45, 2.75) is 58.4 Å². The van der Waals surface area contributed by atoms with Crippen molar-refractivity contribution < 1.29 is 24.2 Å². The summed E-state index contributed by atoms with van der Waals surface area (Å²) in [6.07, 6.45) is 4.07. The lowest BCUT2D eigenvalue weighted by atomic mass is 9.66. The fourth-order valence-corrected chi connectivity index (χ4v) is 3.15. The monoisotopic (exact) mass is 363 g/mol. The summed E-state index contributed by atoms with van der Waals surface area (Å²) in [4.78, 5) is 23.7. The Morgan fingerprint density at radius 3 is 2.58 bits per heavy atom. The third-order valence-electron chi connectivity index (χ3n) is 5.08. The maximum absolute atomic E-state index is 12.3. The zero-order valence-corrected chi connectivity index (χ0v) is 15.8. The van der Waals surface area contributed by atoms with Gasteiger partial charge in [-0.15, -0.1) is 0 Å². The van der Waals surface area contributed by atoms with Gasteiger partial charge in [0, 0.05) is 6.42 Å². The first kappa shape index (κ1) is 20.1. The molecule has 0 bridgehead atoms. The van der Waals surface area contributed by atoms with Crippen LogP contribution in [0.2, 0.25) is 0 Å². The normalized spacial score (nSPS) is 16.3. The number of ether oxygens (including phenoxy) is 2. The van der Waals surface area contributed by atoms with Crippen molar-refractivity contribution in [1.82, 2.24) is 5.32 Å². The van der Waals surface area contributed by atoms with Gasteiger partial charge in [0.2, 0.25) is 5.91 Å². The number of carboxylic acids is 1. The van der Waals surface area contributed by atoms with Crippen molar-refractivity contribution in [3.05, 3.63) is 23.8 Å². The Bertz CT molecular complexity index is 639. The first-order valence-electron chi connectivity index (χ1n) is 9.25. The fourth-order valence-electron chi connectivity index (χ4n) is 3.15. The molecule has 0 aliphatic heterocycles. The Morgan fingerprint density at radius 1 is 1.31 bits per heavy atom. The average Bonchev–Trinajstić information content (AvgIpc) is 2.58. The molecule has 1 amide bonds. The number of carbonyl (C=O) groups excluding carboxylic acids is 1. The van der Waals surface area contributed by atoms with E-state index in [4.69, 9.17) is 9.47 Å². The SMILES string of the molecule is CCCCOc1ccc(C(C)NC(=O)CC2(C(=O)O)CCC2)cc1OC. The van der Waals surface area contributed by atoms with E-state index in [1.54, 1.807) is 7.11 Å². The Labute approximate surface area is 154 Å². The van der Waals surface area contributed by atoms with Crippen molar-refractivity contribution in [2.75, 3.05) is 13.7 Å². The second-order valence-corrected chi connectivity index (χ2v) is 7.02. The molecule has 1 atom stereocenters. The van der Waals surface area contributed by atoms with Gasteiger partial charge < -0.3 is 19.9 Å². The van der Waals surface area contributed by atoms with Crippen molar-refractivity contribution in [2.24, 2.45) is 5.41 Å². The molecule has 1 aromatic rings. The lowest BCUT2D eigenvalue weighted by Gasteiger charge is -2.37. The minimum Gasteiger partial charge on any atom is -0.493 e. The molecule has 6 nitrogen and oxygen atoms in total. The highest BCUT2D eigenvalue weighted by molar-refractivity contribution is 5.85. The summed E-state index contributed by atoms with van der Waals surface area (Å²) in [5, 5.41) is 12.3. The molecule has 0 spiro atoms. The number of methoxy groups -OCH3 is 1. The summed E-state index contributed by atoms with van der Waals surface area (Å²) in [6, 6.07) is 5.34. The quantitative estimate of drug-likeness (QED) is 0.619. The lowest BCUT2D eigenvalue weighted by molar-refractivity contribution is -0.157. The van der Waals surface area contributed by atoms with Crippen LogP contribution in [0.4, 0.5) is 0 Å². The van der Waals surface area contributed by atoms with Crippen LogP contribution in [0.25, 0.3) is 0 Å². The van der Waals surface area contributed by atoms with Crippen LogP contribution in [-0.2, 0) is 9.59 Å². The molecule has 0 heterocycles. The second kappa shape index (κ2) is 8.92. The molecule has 0 aromatic heterocycles. The van der Waals surface area contributed by atoms with E-state index in [1.807, 2.05) is 25.1 Å². The maximum atomic E-state index is 12.3. The highest BCUT2D eigenvalue weighted by Crippen LogP contribution is 2.44. The molecular formula is C20H29NO5. The van der Waals surface area contributed by atoms with Crippen molar-refractivity contribution in [1.29, 1.82) is 0 Å². The van der Waals surface area contributed by atoms with E-state index in [-0.39, 0.29) is 18.4 Å². The predicted molar refractivity (Wildman–Crippen MR) is 98.5 cm³/mol. The van der Waals surface area contributed by atoms with E-state index in [0.717, 1.165) is 24.8 Å². The molecule has 0 radical (unpaired) electrons. The number of rotatable bonds is 10. The summed E-state index contributed by atoms with van der Waals surface area (Å²) in [5.41, 5.74) is 0.00869. The van der Waals surface area contributed by atoms with Gasteiger partial charge in [-0.25, -0.2) is 0 Å². The van der Waals surface area contributed by atoms with E-state index in [2.05, 4.69) is 12.2 Å². The van der Waals surface area contributed by atoms with Gasteiger partial charge in [-0.2, -0.15) is 0 Å². The summed E-state index contributed by atoms with van der Waals surface area (Å²) in [7, 11) is 1.59. The van der Waals surface area contributed by atoms with Crippen LogP contribution in [-0.4, -0.2) is 30.7 Å². The molecule has 1 aliphatic carbocycles. The predicted octanol–water partition coefficient (Wildman–Crippen LogP) is 3.70. The number of aliphatic carboxylic acids is 1. The molecule has 6 heteroatoms. The molecule has 26 heavy (non-hydrogen) atoms. The number of hydrogen-bond donors (Lipinski definition) is 2. The Kier molecular flexibility index (Phi) is 6.89. The fraction of sp³-hybridized carbons (Fsp3) is 0.600. The highest BCUT2D eigenvalue weighted by atomic mass is 16.5. The number of amides is 1. The molecular weight excluding hydrogens is 334 g/mol. The zero-order valence-electron chi connectivity index (χ0n) is 15.8. The van der Waals surface area contributed by atoms with Gasteiger partial charge in [0.05, 0.1) is 25.2 Å².